The molecule has 0 aromatic heterocycles. The molecule has 20 heavy (non-hydrogen) atoms. The van der Waals surface area contributed by atoms with Gasteiger partial charge in [-0.1, -0.05) is 19.8 Å². The van der Waals surface area contributed by atoms with Gasteiger partial charge in [0.1, 0.15) is 0 Å². The maximum Gasteiger partial charge on any atom is 0.230 e. The first-order valence-electron chi connectivity index (χ1n) is 7.66. The summed E-state index contributed by atoms with van der Waals surface area (Å²) in [5, 5.41) is 2.55. The summed E-state index contributed by atoms with van der Waals surface area (Å²) in [6.07, 6.45) is 5.77. The van der Waals surface area contributed by atoms with Crippen LogP contribution in [0.15, 0.2) is 0 Å². The van der Waals surface area contributed by atoms with Crippen molar-refractivity contribution in [1.29, 1.82) is 0 Å². The highest BCUT2D eigenvalue weighted by Gasteiger charge is 2.51. The van der Waals surface area contributed by atoms with Crippen LogP contribution in [0.25, 0.3) is 0 Å². The molecule has 2 unspecified atom stereocenters. The molecule has 2 amide bonds. The van der Waals surface area contributed by atoms with E-state index < -0.39 is 0 Å². The summed E-state index contributed by atoms with van der Waals surface area (Å²) in [4.78, 5) is 24.3. The molecule has 0 bridgehead atoms. The fourth-order valence-electron chi connectivity index (χ4n) is 4.34. The Bertz CT molecular complexity index is 399. The minimum Gasteiger partial charge on any atom is -0.379 e. The Hall–Kier alpha value is -0.900. The Kier molecular flexibility index (Phi) is 4.24. The van der Waals surface area contributed by atoms with Crippen LogP contribution in [0.1, 0.15) is 59.3 Å². The van der Waals surface area contributed by atoms with Crippen LogP contribution in [0.2, 0.25) is 0 Å². The summed E-state index contributed by atoms with van der Waals surface area (Å²) in [6.45, 7) is 6.15. The number of amides is 2. The van der Waals surface area contributed by atoms with Crippen molar-refractivity contribution in [2.45, 2.75) is 64.9 Å². The van der Waals surface area contributed by atoms with E-state index >= 15 is 0 Å². The van der Waals surface area contributed by atoms with Crippen molar-refractivity contribution in [2.24, 2.45) is 17.3 Å². The van der Waals surface area contributed by atoms with Crippen LogP contribution < -0.4 is 5.32 Å². The first kappa shape index (κ1) is 15.5. The van der Waals surface area contributed by atoms with E-state index in [1.165, 1.54) is 12.8 Å². The summed E-state index contributed by atoms with van der Waals surface area (Å²) in [7, 11) is 1.69. The molecular weight excluding hydrogens is 254 g/mol. The number of imide groups is 1. The highest BCUT2D eigenvalue weighted by molar-refractivity contribution is 5.99. The molecule has 2 atom stereocenters. The number of carbonyl (C=O) groups is 2. The number of piperidine rings is 1. The van der Waals surface area contributed by atoms with Gasteiger partial charge in [0, 0.05) is 19.4 Å². The van der Waals surface area contributed by atoms with Crippen LogP contribution in [0.3, 0.4) is 0 Å². The maximum absolute atomic E-state index is 12.4. The standard InChI is InChI=1S/C16H27NO3/c1-15(2,20-4)10-16(3)9-12(18)17-14(19)13(16)11-7-5-6-8-11/h11,13H,5-10H2,1-4H3,(H,17,18,19). The first-order chi connectivity index (χ1) is 9.27. The predicted octanol–water partition coefficient (Wildman–Crippen LogP) is 2.66. The van der Waals surface area contributed by atoms with Gasteiger partial charge < -0.3 is 4.74 Å². The lowest BCUT2D eigenvalue weighted by Crippen LogP contribution is -2.55. The maximum atomic E-state index is 12.4. The second-order valence-electron chi connectivity index (χ2n) is 7.41. The molecule has 2 rings (SSSR count). The van der Waals surface area contributed by atoms with E-state index in [0.717, 1.165) is 19.3 Å². The SMILES string of the molecule is COC(C)(C)CC1(C)CC(=O)NC(=O)C1C1CCCC1. The van der Waals surface area contributed by atoms with E-state index in [1.807, 2.05) is 13.8 Å². The van der Waals surface area contributed by atoms with Crippen molar-refractivity contribution < 1.29 is 14.3 Å². The van der Waals surface area contributed by atoms with Crippen molar-refractivity contribution in [3.63, 3.8) is 0 Å². The van der Waals surface area contributed by atoms with Gasteiger partial charge in [-0.2, -0.15) is 0 Å². The van der Waals surface area contributed by atoms with Gasteiger partial charge in [-0.05, 0) is 44.4 Å². The van der Waals surface area contributed by atoms with E-state index in [9.17, 15) is 9.59 Å². The monoisotopic (exact) mass is 281 g/mol. The predicted molar refractivity (Wildman–Crippen MR) is 77.0 cm³/mol. The number of nitrogens with one attached hydrogen (secondary N) is 1. The molecule has 1 aliphatic carbocycles. The van der Waals surface area contributed by atoms with Gasteiger partial charge in [0.15, 0.2) is 0 Å². The Morgan fingerprint density at radius 3 is 2.45 bits per heavy atom. The fraction of sp³-hybridized carbons (Fsp3) is 0.875. The molecule has 0 radical (unpaired) electrons. The third kappa shape index (κ3) is 3.05. The summed E-state index contributed by atoms with van der Waals surface area (Å²) in [6, 6.07) is 0. The second-order valence-corrected chi connectivity index (χ2v) is 7.41. The third-order valence-corrected chi connectivity index (χ3v) is 5.11. The fourth-order valence-corrected chi connectivity index (χ4v) is 4.34. The lowest BCUT2D eigenvalue weighted by Gasteiger charge is -2.46. The second kappa shape index (κ2) is 5.47. The average molecular weight is 281 g/mol. The largest absolute Gasteiger partial charge is 0.379 e. The van der Waals surface area contributed by atoms with Gasteiger partial charge >= 0.3 is 0 Å². The number of hydrogen-bond donors (Lipinski definition) is 1. The number of ether oxygens (including phenoxy) is 1. The van der Waals surface area contributed by atoms with Crippen LogP contribution in [0.4, 0.5) is 0 Å². The number of carbonyl (C=O) groups excluding carboxylic acids is 2. The zero-order chi connectivity index (χ0) is 15.0. The molecule has 0 aromatic carbocycles. The van der Waals surface area contributed by atoms with E-state index in [1.54, 1.807) is 7.11 Å². The van der Waals surface area contributed by atoms with Gasteiger partial charge in [0.25, 0.3) is 0 Å². The van der Waals surface area contributed by atoms with E-state index in [-0.39, 0.29) is 28.7 Å². The van der Waals surface area contributed by atoms with Crippen LogP contribution in [-0.2, 0) is 14.3 Å². The molecule has 1 N–H and O–H groups in total. The van der Waals surface area contributed by atoms with E-state index in [4.69, 9.17) is 4.74 Å². The van der Waals surface area contributed by atoms with Crippen LogP contribution >= 0.6 is 0 Å². The molecular formula is C16H27NO3. The number of hydrogen-bond acceptors (Lipinski definition) is 3. The number of rotatable bonds is 4. The van der Waals surface area contributed by atoms with Crippen molar-refractivity contribution in [3.8, 4) is 0 Å². The van der Waals surface area contributed by atoms with Crippen LogP contribution in [-0.4, -0.2) is 24.5 Å². The van der Waals surface area contributed by atoms with Crippen LogP contribution in [0, 0.1) is 17.3 Å². The van der Waals surface area contributed by atoms with E-state index in [2.05, 4.69) is 12.2 Å². The topological polar surface area (TPSA) is 55.4 Å². The molecule has 4 nitrogen and oxygen atoms in total. The highest BCUT2D eigenvalue weighted by Crippen LogP contribution is 2.49. The molecule has 1 saturated heterocycles. The molecule has 4 heteroatoms. The lowest BCUT2D eigenvalue weighted by atomic mass is 9.61. The Balaban J connectivity index is 2.27. The Morgan fingerprint density at radius 1 is 1.30 bits per heavy atom. The van der Waals surface area contributed by atoms with Crippen molar-refractivity contribution in [1.82, 2.24) is 5.32 Å². The molecule has 1 saturated carbocycles. The average Bonchev–Trinajstić information content (AvgIpc) is 2.79. The molecule has 0 spiro atoms. The van der Waals surface area contributed by atoms with Gasteiger partial charge in [-0.3, -0.25) is 14.9 Å². The third-order valence-electron chi connectivity index (χ3n) is 5.11. The summed E-state index contributed by atoms with van der Waals surface area (Å²) >= 11 is 0. The summed E-state index contributed by atoms with van der Waals surface area (Å²) in [5.41, 5.74) is -0.614. The zero-order valence-corrected chi connectivity index (χ0v) is 13.1. The quantitative estimate of drug-likeness (QED) is 0.806. The molecule has 114 valence electrons. The summed E-state index contributed by atoms with van der Waals surface area (Å²) < 4.78 is 5.54. The lowest BCUT2D eigenvalue weighted by molar-refractivity contribution is -0.149. The normalized spacial score (nSPS) is 32.5. The minimum absolute atomic E-state index is 0.0582. The molecule has 1 aliphatic heterocycles. The van der Waals surface area contributed by atoms with E-state index in [0.29, 0.717) is 12.3 Å². The molecule has 1 heterocycles. The van der Waals surface area contributed by atoms with Crippen molar-refractivity contribution in [2.75, 3.05) is 7.11 Å². The summed E-state index contributed by atoms with van der Waals surface area (Å²) in [5.74, 6) is 0.152. The molecule has 0 aromatic rings. The minimum atomic E-state index is -0.316. The van der Waals surface area contributed by atoms with Gasteiger partial charge in [0.2, 0.25) is 11.8 Å². The Labute approximate surface area is 121 Å². The smallest absolute Gasteiger partial charge is 0.230 e. The Morgan fingerprint density at radius 2 is 1.90 bits per heavy atom. The van der Waals surface area contributed by atoms with Crippen molar-refractivity contribution in [3.05, 3.63) is 0 Å². The highest BCUT2D eigenvalue weighted by atomic mass is 16.5. The molecule has 2 aliphatic rings. The first-order valence-corrected chi connectivity index (χ1v) is 7.66. The van der Waals surface area contributed by atoms with Gasteiger partial charge in [-0.25, -0.2) is 0 Å². The van der Waals surface area contributed by atoms with Gasteiger partial charge in [0.05, 0.1) is 5.60 Å². The van der Waals surface area contributed by atoms with Gasteiger partial charge in [-0.15, -0.1) is 0 Å². The number of methoxy groups -OCH3 is 1. The molecule has 2 fully saturated rings. The zero-order valence-electron chi connectivity index (χ0n) is 13.1. The van der Waals surface area contributed by atoms with Crippen molar-refractivity contribution >= 4 is 11.8 Å². The van der Waals surface area contributed by atoms with Crippen LogP contribution in [0.5, 0.6) is 0 Å².